The van der Waals surface area contributed by atoms with Gasteiger partial charge in [0.05, 0.1) is 0 Å². The maximum atomic E-state index is 12.6. The molecule has 0 saturated carbocycles. The molecule has 0 fully saturated rings. The third kappa shape index (κ3) is 5.88. The second kappa shape index (κ2) is 10.2. The summed E-state index contributed by atoms with van der Waals surface area (Å²) in [5.41, 5.74) is 7.11. The van der Waals surface area contributed by atoms with Crippen LogP contribution in [0.3, 0.4) is 0 Å². The Labute approximate surface area is 184 Å². The average molecular weight is 415 g/mol. The van der Waals surface area contributed by atoms with Crippen molar-refractivity contribution in [1.82, 2.24) is 9.88 Å². The Morgan fingerprint density at radius 3 is 2.06 bits per heavy atom. The van der Waals surface area contributed by atoms with Crippen LogP contribution in [0.15, 0.2) is 60.7 Å². The lowest BCUT2D eigenvalue weighted by molar-refractivity contribution is -0.130. The molecule has 1 aromatic heterocycles. The minimum absolute atomic E-state index is 0.137. The second-order valence-corrected chi connectivity index (χ2v) is 8.00. The van der Waals surface area contributed by atoms with Crippen LogP contribution in [0.2, 0.25) is 0 Å². The summed E-state index contributed by atoms with van der Waals surface area (Å²) in [6, 6.07) is 20.1. The van der Waals surface area contributed by atoms with E-state index in [0.717, 1.165) is 39.2 Å². The highest BCUT2D eigenvalue weighted by atomic mass is 16.2. The molecule has 160 valence electrons. The molecule has 4 heteroatoms. The van der Waals surface area contributed by atoms with Crippen molar-refractivity contribution < 1.29 is 9.59 Å². The van der Waals surface area contributed by atoms with Gasteiger partial charge in [0.25, 0.3) is 0 Å². The molecule has 1 heterocycles. The van der Waals surface area contributed by atoms with E-state index >= 15 is 0 Å². The Balaban J connectivity index is 1.61. The van der Waals surface area contributed by atoms with E-state index < -0.39 is 0 Å². The van der Waals surface area contributed by atoms with Gasteiger partial charge in [0.1, 0.15) is 0 Å². The lowest BCUT2D eigenvalue weighted by atomic mass is 9.98. The third-order valence-corrected chi connectivity index (χ3v) is 5.60. The maximum absolute atomic E-state index is 12.6. The first kappa shape index (κ1) is 22.4. The molecule has 3 rings (SSSR count). The number of nitrogens with zero attached hydrogens (tertiary/aromatic N) is 2. The van der Waals surface area contributed by atoms with E-state index in [1.165, 1.54) is 0 Å². The molecular formula is C27H30N2O2. The van der Waals surface area contributed by atoms with Gasteiger partial charge >= 0.3 is 0 Å². The number of hydrogen-bond acceptors (Lipinski definition) is 3. The largest absolute Gasteiger partial charge is 0.341 e. The normalized spacial score (nSPS) is 10.7. The van der Waals surface area contributed by atoms with E-state index in [2.05, 4.69) is 23.2 Å². The second-order valence-electron chi connectivity index (χ2n) is 8.00. The molecule has 0 spiro atoms. The Morgan fingerprint density at radius 2 is 1.48 bits per heavy atom. The van der Waals surface area contributed by atoms with Gasteiger partial charge in [0.2, 0.25) is 5.91 Å². The molecule has 0 unspecified atom stereocenters. The number of pyridine rings is 1. The number of amides is 1. The summed E-state index contributed by atoms with van der Waals surface area (Å²) < 4.78 is 0. The van der Waals surface area contributed by atoms with E-state index in [9.17, 15) is 9.59 Å². The van der Waals surface area contributed by atoms with Crippen LogP contribution in [-0.2, 0) is 17.8 Å². The molecule has 0 bridgehead atoms. The van der Waals surface area contributed by atoms with E-state index in [4.69, 9.17) is 0 Å². The number of Topliss-reactive ketones (excluding diaryl/α,β-unsaturated/α-hetero) is 1. The Kier molecular flexibility index (Phi) is 7.35. The first-order valence-electron chi connectivity index (χ1n) is 10.8. The summed E-state index contributed by atoms with van der Waals surface area (Å²) in [5.74, 6) is 0.281. The SMILES string of the molecule is CCC(=O)N(C)Cc1ccc(-c2ccc(C(=O)CCc3ccc(C)nc3C)cc2)cc1. The van der Waals surface area contributed by atoms with Gasteiger partial charge in [-0.25, -0.2) is 0 Å². The van der Waals surface area contributed by atoms with E-state index in [1.54, 1.807) is 4.90 Å². The zero-order valence-corrected chi connectivity index (χ0v) is 18.8. The van der Waals surface area contributed by atoms with Gasteiger partial charge in [-0.1, -0.05) is 61.5 Å². The molecule has 0 N–H and O–H groups in total. The summed E-state index contributed by atoms with van der Waals surface area (Å²) in [7, 11) is 1.83. The topological polar surface area (TPSA) is 50.3 Å². The molecule has 0 saturated heterocycles. The van der Waals surface area contributed by atoms with Gasteiger partial charge in [-0.05, 0) is 48.6 Å². The van der Waals surface area contributed by atoms with Crippen molar-refractivity contribution >= 4 is 11.7 Å². The third-order valence-electron chi connectivity index (χ3n) is 5.60. The van der Waals surface area contributed by atoms with Crippen LogP contribution in [0.1, 0.15) is 52.6 Å². The smallest absolute Gasteiger partial charge is 0.222 e. The fraction of sp³-hybridized carbons (Fsp3) is 0.296. The molecule has 1 amide bonds. The molecular weight excluding hydrogens is 384 g/mol. The van der Waals surface area contributed by atoms with Crippen LogP contribution in [0.25, 0.3) is 11.1 Å². The molecule has 0 atom stereocenters. The van der Waals surface area contributed by atoms with Crippen molar-refractivity contribution in [2.75, 3.05) is 7.05 Å². The summed E-state index contributed by atoms with van der Waals surface area (Å²) in [6.07, 6.45) is 1.70. The van der Waals surface area contributed by atoms with Gasteiger partial charge in [0.15, 0.2) is 5.78 Å². The number of carbonyl (C=O) groups is 2. The standard InChI is InChI=1S/C27H30N2O2/c1-5-27(31)29(4)18-21-7-10-23(11-8-21)24-12-14-25(15-13-24)26(30)17-16-22-9-6-19(2)28-20(22)3/h6-15H,5,16-18H2,1-4H3. The van der Waals surface area contributed by atoms with Crippen LogP contribution in [-0.4, -0.2) is 28.6 Å². The molecule has 3 aromatic rings. The summed E-state index contributed by atoms with van der Waals surface area (Å²) in [6.45, 7) is 6.45. The number of benzene rings is 2. The highest BCUT2D eigenvalue weighted by molar-refractivity contribution is 5.96. The summed E-state index contributed by atoms with van der Waals surface area (Å²) >= 11 is 0. The van der Waals surface area contributed by atoms with Crippen LogP contribution >= 0.6 is 0 Å². The number of hydrogen-bond donors (Lipinski definition) is 0. The highest BCUT2D eigenvalue weighted by Gasteiger charge is 2.10. The van der Waals surface area contributed by atoms with Crippen LogP contribution in [0.5, 0.6) is 0 Å². The van der Waals surface area contributed by atoms with E-state index in [0.29, 0.717) is 25.8 Å². The van der Waals surface area contributed by atoms with Crippen LogP contribution < -0.4 is 0 Å². The van der Waals surface area contributed by atoms with E-state index in [1.807, 2.05) is 70.3 Å². The van der Waals surface area contributed by atoms with Crippen molar-refractivity contribution in [1.29, 1.82) is 0 Å². The zero-order valence-electron chi connectivity index (χ0n) is 18.8. The van der Waals surface area contributed by atoms with E-state index in [-0.39, 0.29) is 11.7 Å². The average Bonchev–Trinajstić information content (AvgIpc) is 2.78. The molecule has 2 aromatic carbocycles. The van der Waals surface area contributed by atoms with Crippen molar-refractivity contribution in [2.24, 2.45) is 0 Å². The van der Waals surface area contributed by atoms with Crippen molar-refractivity contribution in [3.05, 3.63) is 88.7 Å². The number of rotatable bonds is 8. The quantitative estimate of drug-likeness (QED) is 0.454. The van der Waals surface area contributed by atoms with Gasteiger partial charge in [0, 0.05) is 43.4 Å². The summed E-state index contributed by atoms with van der Waals surface area (Å²) in [5, 5.41) is 0. The molecule has 31 heavy (non-hydrogen) atoms. The van der Waals surface area contributed by atoms with Gasteiger partial charge in [-0.2, -0.15) is 0 Å². The first-order chi connectivity index (χ1) is 14.9. The lowest BCUT2D eigenvalue weighted by Gasteiger charge is -2.16. The number of carbonyl (C=O) groups excluding carboxylic acids is 2. The molecule has 0 aliphatic carbocycles. The summed E-state index contributed by atoms with van der Waals surface area (Å²) in [4.78, 5) is 30.6. The number of ketones is 1. The lowest BCUT2D eigenvalue weighted by Crippen LogP contribution is -2.25. The highest BCUT2D eigenvalue weighted by Crippen LogP contribution is 2.22. The van der Waals surface area contributed by atoms with Gasteiger partial charge < -0.3 is 4.90 Å². The predicted octanol–water partition coefficient (Wildman–Crippen LogP) is 5.55. The number of aromatic nitrogens is 1. The number of aryl methyl sites for hydroxylation is 3. The molecule has 0 aliphatic rings. The monoisotopic (exact) mass is 414 g/mol. The molecule has 4 nitrogen and oxygen atoms in total. The van der Waals surface area contributed by atoms with Gasteiger partial charge in [-0.15, -0.1) is 0 Å². The Bertz CT molecular complexity index is 1050. The fourth-order valence-corrected chi connectivity index (χ4v) is 3.66. The van der Waals surface area contributed by atoms with Crippen LogP contribution in [0, 0.1) is 13.8 Å². The Morgan fingerprint density at radius 1 is 0.871 bits per heavy atom. The molecule has 0 aliphatic heterocycles. The van der Waals surface area contributed by atoms with Crippen molar-refractivity contribution in [3.8, 4) is 11.1 Å². The predicted molar refractivity (Wildman–Crippen MR) is 125 cm³/mol. The van der Waals surface area contributed by atoms with Crippen LogP contribution in [0.4, 0.5) is 0 Å². The zero-order chi connectivity index (χ0) is 22.4. The minimum atomic E-state index is 0.137. The Hall–Kier alpha value is -3.27. The maximum Gasteiger partial charge on any atom is 0.222 e. The first-order valence-corrected chi connectivity index (χ1v) is 10.8. The van der Waals surface area contributed by atoms with Crippen molar-refractivity contribution in [3.63, 3.8) is 0 Å². The molecule has 0 radical (unpaired) electrons. The van der Waals surface area contributed by atoms with Gasteiger partial charge in [-0.3, -0.25) is 14.6 Å². The van der Waals surface area contributed by atoms with Crippen molar-refractivity contribution in [2.45, 2.75) is 46.6 Å². The fourth-order valence-electron chi connectivity index (χ4n) is 3.66. The minimum Gasteiger partial charge on any atom is -0.341 e.